The fourth-order valence-corrected chi connectivity index (χ4v) is 1.71. The minimum absolute atomic E-state index is 0.0143. The van der Waals surface area contributed by atoms with Gasteiger partial charge in [0, 0.05) is 18.4 Å². The fourth-order valence-electron chi connectivity index (χ4n) is 1.71. The van der Waals surface area contributed by atoms with Crippen LogP contribution in [0.4, 0.5) is 4.39 Å². The summed E-state index contributed by atoms with van der Waals surface area (Å²) in [6.07, 6.45) is 2.86. The molecule has 2 N–H and O–H groups in total. The average Bonchev–Trinajstić information content (AvgIpc) is 2.84. The minimum atomic E-state index is -0.241. The van der Waals surface area contributed by atoms with Crippen molar-refractivity contribution in [3.05, 3.63) is 59.7 Å². The molecule has 1 aromatic carbocycles. The third-order valence-corrected chi connectivity index (χ3v) is 2.66. The zero-order chi connectivity index (χ0) is 12.8. The number of aromatic amines is 1. The summed E-state index contributed by atoms with van der Waals surface area (Å²) in [7, 11) is 0. The van der Waals surface area contributed by atoms with Crippen LogP contribution in [0.15, 0.2) is 42.6 Å². The Kier molecular flexibility index (Phi) is 4.12. The van der Waals surface area contributed by atoms with E-state index in [1.807, 2.05) is 12.1 Å². The van der Waals surface area contributed by atoms with E-state index in [1.165, 1.54) is 12.1 Å². The lowest BCUT2D eigenvalue weighted by Gasteiger charge is -2.04. The van der Waals surface area contributed by atoms with Gasteiger partial charge in [-0.25, -0.2) is 4.39 Å². The van der Waals surface area contributed by atoms with E-state index in [9.17, 15) is 9.18 Å². The van der Waals surface area contributed by atoms with Gasteiger partial charge in [-0.1, -0.05) is 12.1 Å². The molecule has 1 heterocycles. The second-order valence-corrected chi connectivity index (χ2v) is 4.10. The lowest BCUT2D eigenvalue weighted by atomic mass is 10.1. The molecule has 1 aromatic heterocycles. The van der Waals surface area contributed by atoms with Gasteiger partial charge >= 0.3 is 0 Å². The van der Waals surface area contributed by atoms with Gasteiger partial charge in [-0.2, -0.15) is 0 Å². The summed E-state index contributed by atoms with van der Waals surface area (Å²) in [5.41, 5.74) is 1.91. The predicted molar refractivity (Wildman–Crippen MR) is 67.6 cm³/mol. The van der Waals surface area contributed by atoms with E-state index in [1.54, 1.807) is 18.3 Å². The number of carbonyl (C=O) groups excluding carboxylic acids is 1. The number of nitrogens with one attached hydrogen (secondary N) is 2. The molecule has 0 aliphatic rings. The topological polar surface area (TPSA) is 44.9 Å². The van der Waals surface area contributed by atoms with Crippen LogP contribution in [0, 0.1) is 5.82 Å². The van der Waals surface area contributed by atoms with Crippen molar-refractivity contribution >= 4 is 5.91 Å². The van der Waals surface area contributed by atoms with Crippen molar-refractivity contribution in [3.63, 3.8) is 0 Å². The number of hydrogen-bond acceptors (Lipinski definition) is 1. The third kappa shape index (κ3) is 3.73. The van der Waals surface area contributed by atoms with Gasteiger partial charge in [-0.3, -0.25) is 4.79 Å². The van der Waals surface area contributed by atoms with E-state index in [0.717, 1.165) is 11.3 Å². The highest BCUT2D eigenvalue weighted by molar-refractivity contribution is 5.78. The number of rotatable bonds is 5. The minimum Gasteiger partial charge on any atom is -0.365 e. The van der Waals surface area contributed by atoms with Crippen LogP contribution in [0.1, 0.15) is 11.3 Å². The van der Waals surface area contributed by atoms with Crippen LogP contribution in [0.2, 0.25) is 0 Å². The molecule has 1 amide bonds. The molecule has 94 valence electrons. The van der Waals surface area contributed by atoms with Crippen LogP contribution in [0.3, 0.4) is 0 Å². The van der Waals surface area contributed by atoms with Crippen molar-refractivity contribution in [3.8, 4) is 0 Å². The standard InChI is InChI=1S/C14H15FN2O/c15-12-5-3-11(4-6-12)7-9-17-14(18)10-13-2-1-8-16-13/h1-6,8,16H,7,9-10H2,(H,17,18). The van der Waals surface area contributed by atoms with Gasteiger partial charge in [0.15, 0.2) is 0 Å². The van der Waals surface area contributed by atoms with Crippen LogP contribution in [-0.2, 0) is 17.6 Å². The second-order valence-electron chi connectivity index (χ2n) is 4.10. The Morgan fingerprint density at radius 3 is 2.67 bits per heavy atom. The van der Waals surface area contributed by atoms with Crippen molar-refractivity contribution in [1.82, 2.24) is 10.3 Å². The number of carbonyl (C=O) groups is 1. The monoisotopic (exact) mass is 246 g/mol. The molecular weight excluding hydrogens is 231 g/mol. The quantitative estimate of drug-likeness (QED) is 0.833. The van der Waals surface area contributed by atoms with Crippen LogP contribution >= 0.6 is 0 Å². The van der Waals surface area contributed by atoms with E-state index < -0.39 is 0 Å². The number of benzene rings is 1. The summed E-state index contributed by atoms with van der Waals surface area (Å²) in [5.74, 6) is -0.255. The molecule has 0 saturated heterocycles. The van der Waals surface area contributed by atoms with E-state index in [0.29, 0.717) is 19.4 Å². The van der Waals surface area contributed by atoms with Gasteiger partial charge in [0.1, 0.15) is 5.82 Å². The fraction of sp³-hybridized carbons (Fsp3) is 0.214. The SMILES string of the molecule is O=C(Cc1ccc[nH]1)NCCc1ccc(F)cc1. The van der Waals surface area contributed by atoms with Crippen molar-refractivity contribution < 1.29 is 9.18 Å². The van der Waals surface area contributed by atoms with Gasteiger partial charge in [0.25, 0.3) is 0 Å². The largest absolute Gasteiger partial charge is 0.365 e. The number of hydrogen-bond donors (Lipinski definition) is 2. The lowest BCUT2D eigenvalue weighted by molar-refractivity contribution is -0.120. The molecule has 0 radical (unpaired) electrons. The molecule has 0 unspecified atom stereocenters. The first kappa shape index (κ1) is 12.4. The Morgan fingerprint density at radius 2 is 2.00 bits per heavy atom. The van der Waals surface area contributed by atoms with E-state index in [-0.39, 0.29) is 11.7 Å². The number of amides is 1. The maximum atomic E-state index is 12.7. The Bertz CT molecular complexity index is 491. The first-order valence-corrected chi connectivity index (χ1v) is 5.87. The Balaban J connectivity index is 1.72. The van der Waals surface area contributed by atoms with Gasteiger partial charge < -0.3 is 10.3 Å². The molecule has 0 bridgehead atoms. The molecule has 4 heteroatoms. The van der Waals surface area contributed by atoms with Crippen molar-refractivity contribution in [2.45, 2.75) is 12.8 Å². The molecule has 2 aromatic rings. The first-order valence-electron chi connectivity index (χ1n) is 5.87. The summed E-state index contributed by atoms with van der Waals surface area (Å²) in [6.45, 7) is 0.561. The van der Waals surface area contributed by atoms with E-state index in [2.05, 4.69) is 10.3 Å². The highest BCUT2D eigenvalue weighted by atomic mass is 19.1. The molecule has 0 aliphatic heterocycles. The second kappa shape index (κ2) is 6.00. The van der Waals surface area contributed by atoms with Gasteiger partial charge in [-0.15, -0.1) is 0 Å². The Hall–Kier alpha value is -2.10. The predicted octanol–water partition coefficient (Wildman–Crippen LogP) is 2.06. The van der Waals surface area contributed by atoms with Gasteiger partial charge in [-0.05, 0) is 36.2 Å². The molecule has 2 rings (SSSR count). The number of H-pyrrole nitrogens is 1. The Labute approximate surface area is 105 Å². The highest BCUT2D eigenvalue weighted by Crippen LogP contribution is 2.02. The maximum Gasteiger partial charge on any atom is 0.225 e. The van der Waals surface area contributed by atoms with Gasteiger partial charge in [0.2, 0.25) is 5.91 Å². The smallest absolute Gasteiger partial charge is 0.225 e. The average molecular weight is 246 g/mol. The van der Waals surface area contributed by atoms with Crippen molar-refractivity contribution in [1.29, 1.82) is 0 Å². The normalized spacial score (nSPS) is 10.3. The molecule has 3 nitrogen and oxygen atoms in total. The molecule has 0 aliphatic carbocycles. The summed E-state index contributed by atoms with van der Waals surface area (Å²) >= 11 is 0. The van der Waals surface area contributed by atoms with Crippen molar-refractivity contribution in [2.75, 3.05) is 6.54 Å². The zero-order valence-corrected chi connectivity index (χ0v) is 9.95. The van der Waals surface area contributed by atoms with Crippen LogP contribution in [0.25, 0.3) is 0 Å². The van der Waals surface area contributed by atoms with E-state index in [4.69, 9.17) is 0 Å². The molecular formula is C14H15FN2O. The summed E-state index contributed by atoms with van der Waals surface area (Å²) in [4.78, 5) is 14.5. The summed E-state index contributed by atoms with van der Waals surface area (Å²) < 4.78 is 12.7. The van der Waals surface area contributed by atoms with Crippen LogP contribution < -0.4 is 5.32 Å². The Morgan fingerprint density at radius 1 is 1.22 bits per heavy atom. The molecule has 0 fully saturated rings. The van der Waals surface area contributed by atoms with Crippen LogP contribution in [-0.4, -0.2) is 17.4 Å². The van der Waals surface area contributed by atoms with Gasteiger partial charge in [0.05, 0.1) is 6.42 Å². The summed E-state index contributed by atoms with van der Waals surface area (Å²) in [6, 6.07) is 10.0. The number of halogens is 1. The zero-order valence-electron chi connectivity index (χ0n) is 9.95. The molecule has 0 saturated carbocycles. The van der Waals surface area contributed by atoms with E-state index >= 15 is 0 Å². The van der Waals surface area contributed by atoms with Crippen LogP contribution in [0.5, 0.6) is 0 Å². The number of aromatic nitrogens is 1. The first-order chi connectivity index (χ1) is 8.74. The third-order valence-electron chi connectivity index (χ3n) is 2.66. The highest BCUT2D eigenvalue weighted by Gasteiger charge is 2.03. The van der Waals surface area contributed by atoms with Crippen molar-refractivity contribution in [2.24, 2.45) is 0 Å². The molecule has 0 spiro atoms. The lowest BCUT2D eigenvalue weighted by Crippen LogP contribution is -2.27. The molecule has 18 heavy (non-hydrogen) atoms. The molecule has 0 atom stereocenters. The summed E-state index contributed by atoms with van der Waals surface area (Å²) in [5, 5.41) is 2.83. The maximum absolute atomic E-state index is 12.7.